The number of likely N-dealkylation sites (tertiary alicyclic amines) is 1. The molecule has 0 aliphatic carbocycles. The maximum absolute atomic E-state index is 3.37. The molecule has 1 aliphatic rings. The van der Waals surface area contributed by atoms with Crippen molar-refractivity contribution in [2.75, 3.05) is 33.2 Å². The fraction of sp³-hybridized carbons (Fsp3) is 1.00. The summed E-state index contributed by atoms with van der Waals surface area (Å²) < 4.78 is 0. The van der Waals surface area contributed by atoms with Crippen LogP contribution in [-0.4, -0.2) is 38.1 Å². The van der Waals surface area contributed by atoms with Crippen LogP contribution in [0.15, 0.2) is 0 Å². The summed E-state index contributed by atoms with van der Waals surface area (Å²) in [4.78, 5) is 2.67. The van der Waals surface area contributed by atoms with Crippen LogP contribution in [0.1, 0.15) is 46.0 Å². The minimum Gasteiger partial charge on any atom is -0.319 e. The van der Waals surface area contributed by atoms with E-state index in [0.29, 0.717) is 5.41 Å². The number of rotatable bonds is 6. The molecule has 0 amide bonds. The molecule has 1 heterocycles. The first-order valence-corrected chi connectivity index (χ1v) is 6.63. The number of nitrogens with one attached hydrogen (secondary N) is 1. The highest BCUT2D eigenvalue weighted by Gasteiger charge is 2.28. The Morgan fingerprint density at radius 3 is 2.13 bits per heavy atom. The predicted octanol–water partition coefficient (Wildman–Crippen LogP) is 2.50. The van der Waals surface area contributed by atoms with Gasteiger partial charge in [0.05, 0.1) is 0 Å². The maximum atomic E-state index is 3.37. The zero-order chi connectivity index (χ0) is 11.1. The Balaban J connectivity index is 2.47. The van der Waals surface area contributed by atoms with Gasteiger partial charge in [0.15, 0.2) is 0 Å². The van der Waals surface area contributed by atoms with Gasteiger partial charge >= 0.3 is 0 Å². The highest BCUT2D eigenvalue weighted by Crippen LogP contribution is 2.28. The smallest absolute Gasteiger partial charge is 0.00499 e. The van der Waals surface area contributed by atoms with Crippen LogP contribution in [0.5, 0.6) is 0 Å². The first kappa shape index (κ1) is 13.0. The average molecular weight is 212 g/mol. The highest BCUT2D eigenvalue weighted by molar-refractivity contribution is 4.83. The summed E-state index contributed by atoms with van der Waals surface area (Å²) in [6, 6.07) is 0. The largest absolute Gasteiger partial charge is 0.319 e. The van der Waals surface area contributed by atoms with Crippen molar-refractivity contribution >= 4 is 0 Å². The average Bonchev–Trinajstić information content (AvgIpc) is 2.30. The summed E-state index contributed by atoms with van der Waals surface area (Å²) in [6.07, 6.45) is 6.83. The third kappa shape index (κ3) is 3.76. The van der Waals surface area contributed by atoms with Crippen LogP contribution in [0.4, 0.5) is 0 Å². The van der Waals surface area contributed by atoms with E-state index < -0.39 is 0 Å². The second-order valence-corrected chi connectivity index (χ2v) is 5.07. The van der Waals surface area contributed by atoms with Crippen LogP contribution in [0.25, 0.3) is 0 Å². The zero-order valence-electron chi connectivity index (χ0n) is 10.8. The highest BCUT2D eigenvalue weighted by atomic mass is 15.1. The minimum absolute atomic E-state index is 0.506. The fourth-order valence-electron chi connectivity index (χ4n) is 2.75. The van der Waals surface area contributed by atoms with Gasteiger partial charge in [-0.2, -0.15) is 0 Å². The molecule has 0 aromatic carbocycles. The first-order chi connectivity index (χ1) is 7.26. The van der Waals surface area contributed by atoms with Gasteiger partial charge < -0.3 is 10.2 Å². The second kappa shape index (κ2) is 6.49. The Hall–Kier alpha value is -0.0800. The fourth-order valence-corrected chi connectivity index (χ4v) is 2.75. The summed E-state index contributed by atoms with van der Waals surface area (Å²) in [7, 11) is 2.08. The van der Waals surface area contributed by atoms with Gasteiger partial charge in [-0.25, -0.2) is 0 Å². The van der Waals surface area contributed by atoms with Crippen molar-refractivity contribution < 1.29 is 0 Å². The molecule has 1 saturated heterocycles. The molecule has 0 spiro atoms. The quantitative estimate of drug-likeness (QED) is 0.728. The topological polar surface area (TPSA) is 15.3 Å². The number of hydrogen-bond acceptors (Lipinski definition) is 2. The lowest BCUT2D eigenvalue weighted by Gasteiger charge is -2.38. The van der Waals surface area contributed by atoms with Crippen LogP contribution in [-0.2, 0) is 0 Å². The normalized spacial score (nSPS) is 19.4. The maximum Gasteiger partial charge on any atom is 0.00499 e. The molecule has 1 rings (SSSR count). The third-order valence-corrected chi connectivity index (χ3v) is 4.06. The summed E-state index contributed by atoms with van der Waals surface area (Å²) in [6.45, 7) is 9.78. The monoisotopic (exact) mass is 212 g/mol. The molecular formula is C13H28N2. The van der Waals surface area contributed by atoms with Crippen molar-refractivity contribution in [2.45, 2.75) is 46.0 Å². The molecule has 0 radical (unpaired) electrons. The van der Waals surface area contributed by atoms with E-state index in [1.807, 2.05) is 0 Å². The lowest BCUT2D eigenvalue weighted by Crippen LogP contribution is -2.44. The van der Waals surface area contributed by atoms with Crippen LogP contribution < -0.4 is 5.32 Å². The molecule has 0 saturated carbocycles. The summed E-state index contributed by atoms with van der Waals surface area (Å²) >= 11 is 0. The van der Waals surface area contributed by atoms with E-state index in [-0.39, 0.29) is 0 Å². The van der Waals surface area contributed by atoms with Gasteiger partial charge in [-0.15, -0.1) is 0 Å². The van der Waals surface area contributed by atoms with Gasteiger partial charge in [0.1, 0.15) is 0 Å². The minimum atomic E-state index is 0.506. The summed E-state index contributed by atoms with van der Waals surface area (Å²) in [5, 5.41) is 3.37. The van der Waals surface area contributed by atoms with Crippen molar-refractivity contribution in [2.24, 2.45) is 5.41 Å². The molecule has 0 bridgehead atoms. The zero-order valence-corrected chi connectivity index (χ0v) is 10.8. The van der Waals surface area contributed by atoms with E-state index in [9.17, 15) is 0 Å². The molecule has 0 aromatic rings. The summed E-state index contributed by atoms with van der Waals surface area (Å²) in [5.74, 6) is 0. The molecule has 2 heteroatoms. The Kier molecular flexibility index (Phi) is 5.62. The Bertz CT molecular complexity index is 158. The molecule has 1 fully saturated rings. The molecule has 1 N–H and O–H groups in total. The van der Waals surface area contributed by atoms with Crippen molar-refractivity contribution in [1.82, 2.24) is 10.2 Å². The Morgan fingerprint density at radius 2 is 1.67 bits per heavy atom. The number of hydrogen-bond donors (Lipinski definition) is 1. The van der Waals surface area contributed by atoms with Crippen LogP contribution >= 0.6 is 0 Å². The van der Waals surface area contributed by atoms with E-state index in [1.165, 1.54) is 51.7 Å². The number of nitrogens with zero attached hydrogens (tertiary/aromatic N) is 1. The predicted molar refractivity (Wildman–Crippen MR) is 67.2 cm³/mol. The van der Waals surface area contributed by atoms with E-state index in [2.05, 4.69) is 31.1 Å². The van der Waals surface area contributed by atoms with Crippen molar-refractivity contribution in [3.63, 3.8) is 0 Å². The van der Waals surface area contributed by atoms with E-state index in [0.717, 1.165) is 6.54 Å². The van der Waals surface area contributed by atoms with Crippen LogP contribution in [0.3, 0.4) is 0 Å². The van der Waals surface area contributed by atoms with Gasteiger partial charge in [0, 0.05) is 13.1 Å². The lowest BCUT2D eigenvalue weighted by atomic mass is 9.81. The molecule has 0 unspecified atom stereocenters. The van der Waals surface area contributed by atoms with Gasteiger partial charge in [-0.1, -0.05) is 20.3 Å². The van der Waals surface area contributed by atoms with Gasteiger partial charge in [0.25, 0.3) is 0 Å². The Morgan fingerprint density at radius 1 is 1.07 bits per heavy atom. The second-order valence-electron chi connectivity index (χ2n) is 5.07. The van der Waals surface area contributed by atoms with Crippen molar-refractivity contribution in [3.8, 4) is 0 Å². The molecule has 15 heavy (non-hydrogen) atoms. The van der Waals surface area contributed by atoms with Crippen molar-refractivity contribution in [1.29, 1.82) is 0 Å². The molecule has 0 aromatic heterocycles. The standard InChI is InChI=1S/C13H28N2/c1-4-13(5-2,11-14-3)12-15-9-7-6-8-10-15/h14H,4-12H2,1-3H3. The molecule has 1 aliphatic heterocycles. The van der Waals surface area contributed by atoms with Crippen molar-refractivity contribution in [3.05, 3.63) is 0 Å². The third-order valence-electron chi connectivity index (χ3n) is 4.06. The van der Waals surface area contributed by atoms with Gasteiger partial charge in [-0.3, -0.25) is 0 Å². The first-order valence-electron chi connectivity index (χ1n) is 6.63. The molecule has 0 atom stereocenters. The number of piperidine rings is 1. The van der Waals surface area contributed by atoms with Crippen LogP contribution in [0, 0.1) is 5.41 Å². The summed E-state index contributed by atoms with van der Waals surface area (Å²) in [5.41, 5.74) is 0.506. The van der Waals surface area contributed by atoms with E-state index in [4.69, 9.17) is 0 Å². The molecule has 90 valence electrons. The lowest BCUT2D eigenvalue weighted by molar-refractivity contribution is 0.119. The van der Waals surface area contributed by atoms with E-state index in [1.54, 1.807) is 0 Å². The van der Waals surface area contributed by atoms with Gasteiger partial charge in [-0.05, 0) is 51.2 Å². The molecular weight excluding hydrogens is 184 g/mol. The SMILES string of the molecule is CCC(CC)(CNC)CN1CCCCC1. The molecule has 2 nitrogen and oxygen atoms in total. The Labute approximate surface area is 95.4 Å². The van der Waals surface area contributed by atoms with E-state index >= 15 is 0 Å². The van der Waals surface area contributed by atoms with Crippen LogP contribution in [0.2, 0.25) is 0 Å². The van der Waals surface area contributed by atoms with Gasteiger partial charge in [0.2, 0.25) is 0 Å².